The van der Waals surface area contributed by atoms with Crippen molar-refractivity contribution in [3.8, 4) is 5.75 Å². The number of ether oxygens (including phenoxy) is 1. The maximum atomic E-state index is 11.4. The fraction of sp³-hybridized carbons (Fsp3) is 0.190. The monoisotopic (exact) mass is 394 g/mol. The molecule has 0 radical (unpaired) electrons. The molecule has 0 bridgehead atoms. The van der Waals surface area contributed by atoms with Gasteiger partial charge in [-0.15, -0.1) is 0 Å². The van der Waals surface area contributed by atoms with Crippen molar-refractivity contribution in [3.63, 3.8) is 0 Å². The molecule has 0 spiro atoms. The van der Waals surface area contributed by atoms with Crippen LogP contribution in [0.4, 0.5) is 23.1 Å². The van der Waals surface area contributed by atoms with Gasteiger partial charge in [0.25, 0.3) is 0 Å². The van der Waals surface area contributed by atoms with Crippen molar-refractivity contribution in [1.29, 1.82) is 0 Å². The summed E-state index contributed by atoms with van der Waals surface area (Å²) in [4.78, 5) is 22.5. The lowest BCUT2D eigenvalue weighted by atomic mass is 10.1. The van der Waals surface area contributed by atoms with Gasteiger partial charge in [0.2, 0.25) is 5.95 Å². The number of aromatic nitrogens is 3. The Kier molecular flexibility index (Phi) is 3.82. The zero-order valence-corrected chi connectivity index (χ0v) is 16.1. The average Bonchev–Trinajstić information content (AvgIpc) is 3.09. The minimum Gasteiger partial charge on any atom is -0.496 e. The summed E-state index contributed by atoms with van der Waals surface area (Å²) in [5.41, 5.74) is 4.10. The molecule has 2 heterocycles. The van der Waals surface area contributed by atoms with Gasteiger partial charge in [-0.2, -0.15) is 4.98 Å². The highest BCUT2D eigenvalue weighted by molar-refractivity contribution is 5.78. The zero-order chi connectivity index (χ0) is 23.0. The standard InChI is InChI=1S/C21H21N5O3/c1-11-7-15(9-18(28-4)13(11)3)24-20-22-10-12(2)19(26-20)23-14-5-6-17-16(8-14)25-21(27)29-17/h5-10H,1-4H3,(H,25,27)(H2,22,23,24,26)/i2D3. The lowest BCUT2D eigenvalue weighted by Crippen LogP contribution is -2.03. The van der Waals surface area contributed by atoms with Gasteiger partial charge in [0.1, 0.15) is 11.6 Å². The number of anilines is 4. The lowest BCUT2D eigenvalue weighted by molar-refractivity contribution is 0.411. The number of hydrogen-bond donors (Lipinski definition) is 3. The molecule has 0 amide bonds. The Bertz CT molecular complexity index is 1360. The summed E-state index contributed by atoms with van der Waals surface area (Å²) in [6, 6.07) is 8.64. The molecule has 2 aromatic carbocycles. The van der Waals surface area contributed by atoms with E-state index in [9.17, 15) is 4.79 Å². The molecule has 0 aliphatic carbocycles. The molecule has 4 aromatic rings. The van der Waals surface area contributed by atoms with Crippen molar-refractivity contribution in [2.45, 2.75) is 20.7 Å². The molecular formula is C21H21N5O3. The smallest absolute Gasteiger partial charge is 0.417 e. The molecule has 0 aliphatic rings. The number of hydrogen-bond acceptors (Lipinski definition) is 7. The van der Waals surface area contributed by atoms with Crippen molar-refractivity contribution in [3.05, 3.63) is 63.8 Å². The van der Waals surface area contributed by atoms with Gasteiger partial charge >= 0.3 is 5.76 Å². The van der Waals surface area contributed by atoms with Crippen LogP contribution in [0.5, 0.6) is 5.75 Å². The zero-order valence-electron chi connectivity index (χ0n) is 19.1. The van der Waals surface area contributed by atoms with Crippen LogP contribution in [0.2, 0.25) is 0 Å². The van der Waals surface area contributed by atoms with Gasteiger partial charge in [-0.05, 0) is 56.1 Å². The van der Waals surface area contributed by atoms with Crippen molar-refractivity contribution in [2.24, 2.45) is 0 Å². The van der Waals surface area contributed by atoms with Crippen molar-refractivity contribution in [1.82, 2.24) is 15.0 Å². The Morgan fingerprint density at radius 2 is 2.00 bits per heavy atom. The first kappa shape index (κ1) is 15.2. The Balaban J connectivity index is 1.71. The molecule has 0 fully saturated rings. The van der Waals surface area contributed by atoms with E-state index in [1.54, 1.807) is 25.3 Å². The van der Waals surface area contributed by atoms with Gasteiger partial charge in [0, 0.05) is 33.3 Å². The molecule has 29 heavy (non-hydrogen) atoms. The third kappa shape index (κ3) is 3.77. The van der Waals surface area contributed by atoms with Gasteiger partial charge < -0.3 is 19.8 Å². The Morgan fingerprint density at radius 1 is 1.14 bits per heavy atom. The van der Waals surface area contributed by atoms with Gasteiger partial charge in [-0.1, -0.05) is 0 Å². The summed E-state index contributed by atoms with van der Waals surface area (Å²) in [6.45, 7) is 1.50. The van der Waals surface area contributed by atoms with Crippen LogP contribution in [0.25, 0.3) is 11.1 Å². The van der Waals surface area contributed by atoms with Crippen LogP contribution in [0.1, 0.15) is 20.8 Å². The highest BCUT2D eigenvalue weighted by Crippen LogP contribution is 2.28. The molecule has 8 heteroatoms. The predicted octanol–water partition coefficient (Wildman–Crippen LogP) is 4.33. The highest BCUT2D eigenvalue weighted by Gasteiger charge is 2.09. The van der Waals surface area contributed by atoms with E-state index in [1.807, 2.05) is 26.0 Å². The molecule has 148 valence electrons. The fourth-order valence-electron chi connectivity index (χ4n) is 2.94. The van der Waals surface area contributed by atoms with Crippen LogP contribution < -0.4 is 21.1 Å². The first-order valence-electron chi connectivity index (χ1n) is 10.3. The topological polar surface area (TPSA) is 105 Å². The van der Waals surface area contributed by atoms with Crippen LogP contribution in [0.15, 0.2) is 45.7 Å². The van der Waals surface area contributed by atoms with E-state index >= 15 is 0 Å². The number of aryl methyl sites for hydroxylation is 2. The molecular weight excluding hydrogens is 370 g/mol. The van der Waals surface area contributed by atoms with E-state index < -0.39 is 12.6 Å². The van der Waals surface area contributed by atoms with Crippen molar-refractivity contribution in [2.75, 3.05) is 17.7 Å². The van der Waals surface area contributed by atoms with E-state index in [4.69, 9.17) is 13.3 Å². The molecule has 3 N–H and O–H groups in total. The van der Waals surface area contributed by atoms with Crippen molar-refractivity contribution < 1.29 is 13.3 Å². The van der Waals surface area contributed by atoms with E-state index in [2.05, 4.69) is 25.6 Å². The third-order valence-corrected chi connectivity index (χ3v) is 4.57. The molecule has 0 unspecified atom stereocenters. The van der Waals surface area contributed by atoms with E-state index in [0.29, 0.717) is 28.2 Å². The number of H-pyrrole nitrogens is 1. The molecule has 2 aromatic heterocycles. The van der Waals surface area contributed by atoms with Crippen LogP contribution in [0.3, 0.4) is 0 Å². The maximum Gasteiger partial charge on any atom is 0.417 e. The van der Waals surface area contributed by atoms with Gasteiger partial charge in [-0.25, -0.2) is 9.78 Å². The van der Waals surface area contributed by atoms with Gasteiger partial charge in [-0.3, -0.25) is 4.98 Å². The Hall–Kier alpha value is -3.81. The van der Waals surface area contributed by atoms with Crippen LogP contribution >= 0.6 is 0 Å². The van der Waals surface area contributed by atoms with Crippen LogP contribution in [-0.2, 0) is 0 Å². The second-order valence-corrected chi connectivity index (χ2v) is 6.55. The molecule has 8 nitrogen and oxygen atoms in total. The minimum atomic E-state index is -2.43. The average molecular weight is 394 g/mol. The first-order valence-corrected chi connectivity index (χ1v) is 8.84. The number of nitrogens with zero attached hydrogens (tertiary/aromatic N) is 2. The summed E-state index contributed by atoms with van der Waals surface area (Å²) in [7, 11) is 1.60. The van der Waals surface area contributed by atoms with Crippen LogP contribution in [-0.4, -0.2) is 22.1 Å². The second-order valence-electron chi connectivity index (χ2n) is 6.55. The quantitative estimate of drug-likeness (QED) is 0.463. The number of benzene rings is 2. The molecule has 4 rings (SSSR count). The lowest BCUT2D eigenvalue weighted by Gasteiger charge is -2.13. The molecule has 0 aliphatic heterocycles. The minimum absolute atomic E-state index is 0.0403. The maximum absolute atomic E-state index is 11.4. The summed E-state index contributed by atoms with van der Waals surface area (Å²) in [5.74, 6) is 0.470. The Labute approximate surface area is 171 Å². The van der Waals surface area contributed by atoms with E-state index in [0.717, 1.165) is 11.1 Å². The SMILES string of the molecule is [2H]C([2H])([2H])c1cnc(Nc2cc(C)c(C)c(OC)c2)nc1Nc1ccc2oc(=O)[nH]c2c1. The molecule has 0 atom stereocenters. The molecule has 0 saturated carbocycles. The van der Waals surface area contributed by atoms with Gasteiger partial charge in [0.05, 0.1) is 12.6 Å². The molecule has 0 saturated heterocycles. The largest absolute Gasteiger partial charge is 0.496 e. The van der Waals surface area contributed by atoms with E-state index in [1.165, 1.54) is 6.20 Å². The highest BCUT2D eigenvalue weighted by atomic mass is 16.5. The third-order valence-electron chi connectivity index (χ3n) is 4.57. The number of nitrogens with one attached hydrogen (secondary N) is 3. The summed E-state index contributed by atoms with van der Waals surface area (Å²) < 4.78 is 33.9. The van der Waals surface area contributed by atoms with Crippen molar-refractivity contribution >= 4 is 34.2 Å². The first-order chi connectivity index (χ1) is 15.1. The van der Waals surface area contributed by atoms with E-state index in [-0.39, 0.29) is 17.3 Å². The number of oxazole rings is 1. The second kappa shape index (κ2) is 7.31. The van der Waals surface area contributed by atoms with Gasteiger partial charge in [0.15, 0.2) is 5.58 Å². The predicted molar refractivity (Wildman–Crippen MR) is 113 cm³/mol. The number of fused-ring (bicyclic) bond motifs is 1. The fourth-order valence-corrected chi connectivity index (χ4v) is 2.94. The Morgan fingerprint density at radius 3 is 2.79 bits per heavy atom. The normalized spacial score (nSPS) is 12.9. The number of methoxy groups -OCH3 is 1. The number of aromatic amines is 1. The summed E-state index contributed by atoms with van der Waals surface area (Å²) >= 11 is 0. The summed E-state index contributed by atoms with van der Waals surface area (Å²) in [6.07, 6.45) is 1.27. The summed E-state index contributed by atoms with van der Waals surface area (Å²) in [5, 5.41) is 6.11. The number of rotatable bonds is 5. The van der Waals surface area contributed by atoms with Crippen LogP contribution in [0, 0.1) is 20.7 Å².